The summed E-state index contributed by atoms with van der Waals surface area (Å²) >= 11 is 1.49. The fourth-order valence-corrected chi connectivity index (χ4v) is 2.20. The van der Waals surface area contributed by atoms with Crippen LogP contribution in [0.5, 0.6) is 0 Å². The van der Waals surface area contributed by atoms with Gasteiger partial charge in [0.1, 0.15) is 11.7 Å². The number of thioether (sulfide) groups is 1. The molecule has 1 saturated heterocycles. The van der Waals surface area contributed by atoms with E-state index >= 15 is 0 Å². The maximum Gasteiger partial charge on any atom is 0.349 e. The van der Waals surface area contributed by atoms with E-state index in [1.165, 1.54) is 22.5 Å². The maximum atomic E-state index is 11.3. The highest BCUT2D eigenvalue weighted by molar-refractivity contribution is 8.00. The molecule has 0 amide bonds. The predicted octanol–water partition coefficient (Wildman–Crippen LogP) is -0.176. The molecular formula is C8H10N2O3S. The SMILES string of the molecule is O=c1ncccn1C1CSC(CO)O1. The number of aromatic nitrogens is 2. The Kier molecular flexibility index (Phi) is 2.85. The molecule has 76 valence electrons. The van der Waals surface area contributed by atoms with Crippen LogP contribution in [-0.4, -0.2) is 32.5 Å². The summed E-state index contributed by atoms with van der Waals surface area (Å²) < 4.78 is 6.85. The standard InChI is InChI=1S/C8H10N2O3S/c11-4-7-13-6(5-14-7)10-3-1-2-9-8(10)12/h1-3,6-7,11H,4-5H2. The molecule has 1 aromatic rings. The highest BCUT2D eigenvalue weighted by Crippen LogP contribution is 2.30. The lowest BCUT2D eigenvalue weighted by Gasteiger charge is -2.12. The third-order valence-electron chi connectivity index (χ3n) is 1.93. The first-order valence-corrected chi connectivity index (χ1v) is 5.27. The van der Waals surface area contributed by atoms with Crippen molar-refractivity contribution in [2.24, 2.45) is 0 Å². The summed E-state index contributed by atoms with van der Waals surface area (Å²) in [7, 11) is 0. The fourth-order valence-electron chi connectivity index (χ4n) is 1.27. The van der Waals surface area contributed by atoms with Gasteiger partial charge in [0.15, 0.2) is 0 Å². The largest absolute Gasteiger partial charge is 0.393 e. The first kappa shape index (κ1) is 9.70. The van der Waals surface area contributed by atoms with Crippen molar-refractivity contribution in [2.45, 2.75) is 11.7 Å². The molecule has 2 unspecified atom stereocenters. The van der Waals surface area contributed by atoms with Crippen molar-refractivity contribution in [3.63, 3.8) is 0 Å². The quantitative estimate of drug-likeness (QED) is 0.740. The minimum atomic E-state index is -0.323. The second-order valence-corrected chi connectivity index (χ2v) is 4.04. The van der Waals surface area contributed by atoms with Crippen molar-refractivity contribution in [1.29, 1.82) is 0 Å². The summed E-state index contributed by atoms with van der Waals surface area (Å²) in [5, 5.41) is 8.85. The zero-order valence-electron chi connectivity index (χ0n) is 7.37. The Hall–Kier alpha value is -0.850. The lowest BCUT2D eigenvalue weighted by atomic mass is 10.5. The molecule has 1 fully saturated rings. The molecule has 1 aliphatic rings. The minimum Gasteiger partial charge on any atom is -0.393 e. The third-order valence-corrected chi connectivity index (χ3v) is 3.04. The van der Waals surface area contributed by atoms with Crippen molar-refractivity contribution in [3.05, 3.63) is 28.9 Å². The first-order valence-electron chi connectivity index (χ1n) is 4.22. The Balaban J connectivity index is 2.18. The molecule has 0 aliphatic carbocycles. The number of rotatable bonds is 2. The van der Waals surface area contributed by atoms with Crippen molar-refractivity contribution in [2.75, 3.05) is 12.4 Å². The Bertz CT molecular complexity index is 368. The molecule has 1 N–H and O–H groups in total. The molecule has 2 heterocycles. The molecular weight excluding hydrogens is 204 g/mol. The number of aliphatic hydroxyl groups is 1. The highest BCUT2D eigenvalue weighted by Gasteiger charge is 2.26. The van der Waals surface area contributed by atoms with Crippen LogP contribution in [-0.2, 0) is 4.74 Å². The number of ether oxygens (including phenoxy) is 1. The summed E-state index contributed by atoms with van der Waals surface area (Å²) in [6, 6.07) is 1.68. The van der Waals surface area contributed by atoms with Crippen LogP contribution >= 0.6 is 11.8 Å². The molecule has 1 aliphatic heterocycles. The number of hydrogen-bond donors (Lipinski definition) is 1. The second-order valence-electron chi connectivity index (χ2n) is 2.85. The van der Waals surface area contributed by atoms with Crippen molar-refractivity contribution in [1.82, 2.24) is 9.55 Å². The zero-order valence-corrected chi connectivity index (χ0v) is 8.18. The van der Waals surface area contributed by atoms with E-state index in [-0.39, 0.29) is 24.0 Å². The van der Waals surface area contributed by atoms with Gasteiger partial charge in [-0.3, -0.25) is 4.57 Å². The fraction of sp³-hybridized carbons (Fsp3) is 0.500. The Morgan fingerprint density at radius 3 is 3.29 bits per heavy atom. The van der Waals surface area contributed by atoms with Crippen molar-refractivity contribution < 1.29 is 9.84 Å². The molecule has 0 saturated carbocycles. The van der Waals surface area contributed by atoms with Crippen LogP contribution < -0.4 is 5.69 Å². The van der Waals surface area contributed by atoms with E-state index in [0.29, 0.717) is 5.75 Å². The molecule has 2 rings (SSSR count). The van der Waals surface area contributed by atoms with E-state index in [9.17, 15) is 4.79 Å². The van der Waals surface area contributed by atoms with Gasteiger partial charge in [-0.25, -0.2) is 9.78 Å². The van der Waals surface area contributed by atoms with E-state index in [1.54, 1.807) is 12.3 Å². The molecule has 0 spiro atoms. The van der Waals surface area contributed by atoms with Gasteiger partial charge in [-0.15, -0.1) is 11.8 Å². The molecule has 6 heteroatoms. The summed E-state index contributed by atoms with van der Waals surface area (Å²) in [6.07, 6.45) is 2.78. The van der Waals surface area contributed by atoms with Gasteiger partial charge in [-0.05, 0) is 6.07 Å². The van der Waals surface area contributed by atoms with E-state index in [1.807, 2.05) is 0 Å². The maximum absolute atomic E-state index is 11.3. The smallest absolute Gasteiger partial charge is 0.349 e. The van der Waals surface area contributed by atoms with Crippen LogP contribution in [0.2, 0.25) is 0 Å². The van der Waals surface area contributed by atoms with Gasteiger partial charge in [-0.2, -0.15) is 0 Å². The van der Waals surface area contributed by atoms with Crippen molar-refractivity contribution >= 4 is 11.8 Å². The van der Waals surface area contributed by atoms with Crippen LogP contribution in [0.4, 0.5) is 0 Å². The Morgan fingerprint density at radius 2 is 2.64 bits per heavy atom. The normalized spacial score (nSPS) is 26.6. The summed E-state index contributed by atoms with van der Waals surface area (Å²) in [5.41, 5.74) is -0.552. The molecule has 2 atom stereocenters. The van der Waals surface area contributed by atoms with Crippen molar-refractivity contribution in [3.8, 4) is 0 Å². The number of hydrogen-bond acceptors (Lipinski definition) is 5. The molecule has 0 aromatic carbocycles. The molecule has 0 radical (unpaired) electrons. The van der Waals surface area contributed by atoms with E-state index in [2.05, 4.69) is 4.98 Å². The highest BCUT2D eigenvalue weighted by atomic mass is 32.2. The van der Waals surface area contributed by atoms with Gasteiger partial charge in [0.05, 0.1) is 6.61 Å². The van der Waals surface area contributed by atoms with E-state index < -0.39 is 0 Å². The average molecular weight is 214 g/mol. The minimum absolute atomic E-state index is 0.0316. The molecule has 1 aromatic heterocycles. The van der Waals surface area contributed by atoms with Crippen LogP contribution in [0.25, 0.3) is 0 Å². The van der Waals surface area contributed by atoms with Gasteiger partial charge >= 0.3 is 5.69 Å². The first-order chi connectivity index (χ1) is 6.81. The number of nitrogens with zero attached hydrogens (tertiary/aromatic N) is 2. The molecule has 5 nitrogen and oxygen atoms in total. The topological polar surface area (TPSA) is 64.4 Å². The van der Waals surface area contributed by atoms with Gasteiger partial charge in [0.25, 0.3) is 0 Å². The van der Waals surface area contributed by atoms with Crippen LogP contribution in [0, 0.1) is 0 Å². The zero-order chi connectivity index (χ0) is 9.97. The average Bonchev–Trinajstić information content (AvgIpc) is 2.67. The monoisotopic (exact) mass is 214 g/mol. The van der Waals surface area contributed by atoms with Gasteiger partial charge in [0.2, 0.25) is 0 Å². The van der Waals surface area contributed by atoms with Gasteiger partial charge in [0, 0.05) is 18.1 Å². The third kappa shape index (κ3) is 1.82. The lowest BCUT2D eigenvalue weighted by molar-refractivity contribution is -0.00634. The molecule has 14 heavy (non-hydrogen) atoms. The van der Waals surface area contributed by atoms with Crippen LogP contribution in [0.15, 0.2) is 23.3 Å². The van der Waals surface area contributed by atoms with E-state index in [4.69, 9.17) is 9.84 Å². The second kappa shape index (κ2) is 4.12. The molecule has 0 bridgehead atoms. The van der Waals surface area contributed by atoms with Gasteiger partial charge < -0.3 is 9.84 Å². The Morgan fingerprint density at radius 1 is 1.79 bits per heavy atom. The van der Waals surface area contributed by atoms with E-state index in [0.717, 1.165) is 0 Å². The Labute approximate surface area is 84.7 Å². The summed E-state index contributed by atoms with van der Waals surface area (Å²) in [4.78, 5) is 14.9. The number of aliphatic hydroxyl groups excluding tert-OH is 1. The van der Waals surface area contributed by atoms with Crippen LogP contribution in [0.3, 0.4) is 0 Å². The summed E-state index contributed by atoms with van der Waals surface area (Å²) in [5.74, 6) is 0.664. The van der Waals surface area contributed by atoms with Crippen LogP contribution in [0.1, 0.15) is 6.23 Å². The lowest BCUT2D eigenvalue weighted by Crippen LogP contribution is -2.27. The predicted molar refractivity (Wildman–Crippen MR) is 52.0 cm³/mol. The van der Waals surface area contributed by atoms with Gasteiger partial charge in [-0.1, -0.05) is 0 Å². The summed E-state index contributed by atoms with van der Waals surface area (Å²) in [6.45, 7) is -0.0316.